The molecule has 0 saturated carbocycles. The van der Waals surface area contributed by atoms with Crippen molar-refractivity contribution in [1.82, 2.24) is 0 Å². The molecule has 0 amide bonds. The Morgan fingerprint density at radius 3 is 2.53 bits per heavy atom. The summed E-state index contributed by atoms with van der Waals surface area (Å²) >= 11 is 3.78. The summed E-state index contributed by atoms with van der Waals surface area (Å²) in [4.78, 5) is 2.56. The molecular weight excluding hydrogens is 272 g/mol. The molecule has 1 aliphatic heterocycles. The van der Waals surface area contributed by atoms with Gasteiger partial charge in [-0.25, -0.2) is 0 Å². The summed E-state index contributed by atoms with van der Waals surface area (Å²) in [5.74, 6) is 2.32. The van der Waals surface area contributed by atoms with Crippen molar-refractivity contribution in [3.8, 4) is 0 Å². The zero-order valence-electron chi connectivity index (χ0n) is 11.3. The minimum absolute atomic E-state index is 0.473. The van der Waals surface area contributed by atoms with Crippen LogP contribution in [-0.4, -0.2) is 10.9 Å². The first-order chi connectivity index (χ1) is 9.13. The van der Waals surface area contributed by atoms with Crippen molar-refractivity contribution in [2.75, 3.05) is 5.75 Å². The molecule has 0 aliphatic carbocycles. The fourth-order valence-corrected chi connectivity index (χ4v) is 5.03. The lowest BCUT2D eigenvalue weighted by molar-refractivity contribution is 0.224. The summed E-state index contributed by atoms with van der Waals surface area (Å²) in [5, 5.41) is 10.6. The molecule has 0 radical (unpaired) electrons. The predicted molar refractivity (Wildman–Crippen MR) is 84.2 cm³/mol. The average molecular weight is 290 g/mol. The summed E-state index contributed by atoms with van der Waals surface area (Å²) in [6, 6.07) is 8.52. The minimum Gasteiger partial charge on any atom is -0.383 e. The molecule has 1 unspecified atom stereocenters. The van der Waals surface area contributed by atoms with Crippen molar-refractivity contribution >= 4 is 23.1 Å². The Balaban J connectivity index is 1.94. The number of hydrogen-bond acceptors (Lipinski definition) is 3. The fraction of sp³-hybridized carbons (Fsp3) is 0.375. The Hall–Kier alpha value is -0.770. The second-order valence-electron chi connectivity index (χ2n) is 5.22. The van der Waals surface area contributed by atoms with Crippen molar-refractivity contribution in [3.63, 3.8) is 0 Å². The van der Waals surface area contributed by atoms with Crippen molar-refractivity contribution in [2.24, 2.45) is 0 Å². The number of aryl methyl sites for hydroxylation is 3. The number of hydrogen-bond donors (Lipinski definition) is 1. The van der Waals surface area contributed by atoms with Crippen LogP contribution >= 0.6 is 23.1 Å². The third-order valence-electron chi connectivity index (χ3n) is 3.48. The zero-order valence-corrected chi connectivity index (χ0v) is 12.9. The fourth-order valence-electron chi connectivity index (χ4n) is 2.64. The Morgan fingerprint density at radius 2 is 1.84 bits per heavy atom. The van der Waals surface area contributed by atoms with Gasteiger partial charge in [0, 0.05) is 15.5 Å². The van der Waals surface area contributed by atoms with E-state index in [1.165, 1.54) is 27.3 Å². The number of aliphatic hydroxyl groups is 1. The SMILES string of the molecule is Cc1cc(C)cc(C(O)c2cc3c(s2)CCSC3)c1. The van der Waals surface area contributed by atoms with Gasteiger partial charge < -0.3 is 5.11 Å². The topological polar surface area (TPSA) is 20.2 Å². The monoisotopic (exact) mass is 290 g/mol. The van der Waals surface area contributed by atoms with E-state index in [1.807, 2.05) is 11.8 Å². The maximum Gasteiger partial charge on any atom is 0.113 e. The molecule has 1 aromatic carbocycles. The molecule has 3 heteroatoms. The van der Waals surface area contributed by atoms with Gasteiger partial charge in [0.15, 0.2) is 0 Å². The first-order valence-corrected chi connectivity index (χ1v) is 8.56. The smallest absolute Gasteiger partial charge is 0.113 e. The number of benzene rings is 1. The maximum atomic E-state index is 10.6. The summed E-state index contributed by atoms with van der Waals surface area (Å²) in [5.41, 5.74) is 4.88. The molecule has 0 bridgehead atoms. The molecule has 100 valence electrons. The van der Waals surface area contributed by atoms with Crippen molar-refractivity contribution < 1.29 is 5.11 Å². The molecular formula is C16H18OS2. The zero-order chi connectivity index (χ0) is 13.4. The van der Waals surface area contributed by atoms with Crippen LogP contribution in [0.2, 0.25) is 0 Å². The van der Waals surface area contributed by atoms with Gasteiger partial charge in [-0.2, -0.15) is 11.8 Å². The van der Waals surface area contributed by atoms with Gasteiger partial charge in [0.2, 0.25) is 0 Å². The van der Waals surface area contributed by atoms with E-state index in [0.29, 0.717) is 0 Å². The second-order valence-corrected chi connectivity index (χ2v) is 7.50. The van der Waals surface area contributed by atoms with Crippen LogP contribution in [0.1, 0.15) is 38.1 Å². The number of rotatable bonds is 2. The highest BCUT2D eigenvalue weighted by Crippen LogP contribution is 2.36. The number of thiophene rings is 1. The van der Waals surface area contributed by atoms with Gasteiger partial charge in [-0.1, -0.05) is 29.3 Å². The summed E-state index contributed by atoms with van der Waals surface area (Å²) < 4.78 is 0. The van der Waals surface area contributed by atoms with Gasteiger partial charge in [-0.15, -0.1) is 11.3 Å². The molecule has 2 heterocycles. The molecule has 0 fully saturated rings. The predicted octanol–water partition coefficient (Wildman–Crippen LogP) is 4.24. The lowest BCUT2D eigenvalue weighted by Gasteiger charge is -2.11. The van der Waals surface area contributed by atoms with Gasteiger partial charge in [-0.3, -0.25) is 0 Å². The highest BCUT2D eigenvalue weighted by Gasteiger charge is 2.19. The Morgan fingerprint density at radius 1 is 1.11 bits per heavy atom. The second kappa shape index (κ2) is 5.31. The van der Waals surface area contributed by atoms with Crippen molar-refractivity contribution in [3.05, 3.63) is 56.3 Å². The van der Waals surface area contributed by atoms with Crippen molar-refractivity contribution in [1.29, 1.82) is 0 Å². The number of aliphatic hydroxyl groups excluding tert-OH is 1. The lowest BCUT2D eigenvalue weighted by atomic mass is 10.0. The molecule has 0 spiro atoms. The Bertz CT molecular complexity index is 557. The third kappa shape index (κ3) is 2.73. The summed E-state index contributed by atoms with van der Waals surface area (Å²) in [6.45, 7) is 4.17. The van der Waals surface area contributed by atoms with E-state index in [-0.39, 0.29) is 0 Å². The van der Waals surface area contributed by atoms with Crippen LogP contribution in [0.5, 0.6) is 0 Å². The highest BCUT2D eigenvalue weighted by molar-refractivity contribution is 7.98. The minimum atomic E-state index is -0.473. The van der Waals surface area contributed by atoms with Gasteiger partial charge in [0.1, 0.15) is 6.10 Å². The van der Waals surface area contributed by atoms with Gasteiger partial charge in [0.05, 0.1) is 0 Å². The van der Waals surface area contributed by atoms with E-state index in [2.05, 4.69) is 38.1 Å². The number of thioether (sulfide) groups is 1. The van der Waals surface area contributed by atoms with Crippen LogP contribution in [0.3, 0.4) is 0 Å². The van der Waals surface area contributed by atoms with E-state index in [1.54, 1.807) is 11.3 Å². The van der Waals surface area contributed by atoms with Crippen LogP contribution in [0.4, 0.5) is 0 Å². The molecule has 1 nitrogen and oxygen atoms in total. The normalized spacial score (nSPS) is 16.2. The largest absolute Gasteiger partial charge is 0.383 e. The van der Waals surface area contributed by atoms with Crippen LogP contribution in [0.25, 0.3) is 0 Å². The molecule has 3 rings (SSSR count). The van der Waals surface area contributed by atoms with Gasteiger partial charge >= 0.3 is 0 Å². The summed E-state index contributed by atoms with van der Waals surface area (Å²) in [6.07, 6.45) is 0.684. The Labute approximate surface area is 122 Å². The van der Waals surface area contributed by atoms with Crippen LogP contribution in [0.15, 0.2) is 24.3 Å². The highest BCUT2D eigenvalue weighted by atomic mass is 32.2. The molecule has 0 saturated heterocycles. The first-order valence-electron chi connectivity index (χ1n) is 6.59. The quantitative estimate of drug-likeness (QED) is 0.893. The number of fused-ring (bicyclic) bond motifs is 1. The van der Waals surface area contributed by atoms with Crippen LogP contribution in [0, 0.1) is 13.8 Å². The van der Waals surface area contributed by atoms with Crippen molar-refractivity contribution in [2.45, 2.75) is 32.1 Å². The van der Waals surface area contributed by atoms with E-state index in [0.717, 1.165) is 22.6 Å². The average Bonchev–Trinajstić information content (AvgIpc) is 2.80. The Kier molecular flexibility index (Phi) is 3.70. The lowest BCUT2D eigenvalue weighted by Crippen LogP contribution is -1.98. The molecule has 1 N–H and O–H groups in total. The summed E-state index contributed by atoms with van der Waals surface area (Å²) in [7, 11) is 0. The molecule has 1 aliphatic rings. The van der Waals surface area contributed by atoms with Gasteiger partial charge in [-0.05, 0) is 43.2 Å². The molecule has 19 heavy (non-hydrogen) atoms. The molecule has 1 aromatic heterocycles. The standard InChI is InChI=1S/C16H18OS2/c1-10-5-11(2)7-12(6-10)16(17)15-8-13-9-18-4-3-14(13)19-15/h5-8,16-17H,3-4,9H2,1-2H3. The maximum absolute atomic E-state index is 10.6. The molecule has 1 atom stereocenters. The third-order valence-corrected chi connectivity index (χ3v) is 5.77. The van der Waals surface area contributed by atoms with E-state index >= 15 is 0 Å². The van der Waals surface area contributed by atoms with E-state index in [4.69, 9.17) is 0 Å². The van der Waals surface area contributed by atoms with E-state index in [9.17, 15) is 5.11 Å². The first kappa shape index (κ1) is 13.2. The van der Waals surface area contributed by atoms with Crippen LogP contribution in [-0.2, 0) is 12.2 Å². The van der Waals surface area contributed by atoms with Gasteiger partial charge in [0.25, 0.3) is 0 Å². The van der Waals surface area contributed by atoms with E-state index < -0.39 is 6.10 Å². The van der Waals surface area contributed by atoms with Crippen LogP contribution < -0.4 is 0 Å². The molecule has 2 aromatic rings.